The van der Waals surface area contributed by atoms with E-state index >= 15 is 0 Å². The van der Waals surface area contributed by atoms with Gasteiger partial charge >= 0.3 is 0 Å². The van der Waals surface area contributed by atoms with Gasteiger partial charge in [0.05, 0.1) is 25.8 Å². The summed E-state index contributed by atoms with van der Waals surface area (Å²) in [6.07, 6.45) is 1.89. The topological polar surface area (TPSA) is 64.6 Å². The Bertz CT molecular complexity index is 150. The second-order valence-corrected chi connectivity index (χ2v) is 3.56. The van der Waals surface area contributed by atoms with Gasteiger partial charge in [-0.2, -0.15) is 11.8 Å². The molecule has 84 valence electrons. The minimum atomic E-state index is -0.116. The maximum Gasteiger partial charge on any atom is 0.234 e. The van der Waals surface area contributed by atoms with Gasteiger partial charge in [-0.15, -0.1) is 0 Å². The monoisotopic (exact) mass is 221 g/mol. The van der Waals surface area contributed by atoms with Gasteiger partial charge in [0.2, 0.25) is 5.91 Å². The standard InChI is InChI=1S/C8H19N3O2S/c1-3-9-5-11(6-10-7-12)8(13)4-14-2/h9-10,12H,3-7H2,1-2H3. The third-order valence-electron chi connectivity index (χ3n) is 1.59. The van der Waals surface area contributed by atoms with Crippen LogP contribution in [0.5, 0.6) is 0 Å². The highest BCUT2D eigenvalue weighted by Crippen LogP contribution is 1.95. The first-order valence-corrected chi connectivity index (χ1v) is 5.94. The summed E-state index contributed by atoms with van der Waals surface area (Å²) in [4.78, 5) is 13.1. The summed E-state index contributed by atoms with van der Waals surface area (Å²) in [5.74, 6) is 0.540. The van der Waals surface area contributed by atoms with Gasteiger partial charge < -0.3 is 15.3 Å². The lowest BCUT2D eigenvalue weighted by molar-refractivity contribution is -0.129. The molecule has 0 saturated heterocycles. The molecule has 0 aromatic rings. The van der Waals surface area contributed by atoms with Crippen molar-refractivity contribution in [3.05, 3.63) is 0 Å². The first-order valence-electron chi connectivity index (χ1n) is 4.55. The summed E-state index contributed by atoms with van der Waals surface area (Å²) >= 11 is 1.50. The largest absolute Gasteiger partial charge is 0.381 e. The van der Waals surface area contributed by atoms with Gasteiger partial charge in [0.1, 0.15) is 0 Å². The highest BCUT2D eigenvalue weighted by atomic mass is 32.2. The molecule has 0 atom stereocenters. The molecule has 0 saturated carbocycles. The van der Waals surface area contributed by atoms with Crippen molar-refractivity contribution in [1.82, 2.24) is 15.5 Å². The van der Waals surface area contributed by atoms with E-state index < -0.39 is 0 Å². The SMILES string of the molecule is CCNCN(CNCO)C(=O)CSC. The van der Waals surface area contributed by atoms with Gasteiger partial charge in [0, 0.05) is 0 Å². The average Bonchev–Trinajstić information content (AvgIpc) is 2.18. The van der Waals surface area contributed by atoms with Crippen LogP contribution in [0.3, 0.4) is 0 Å². The minimum absolute atomic E-state index is 0.0689. The summed E-state index contributed by atoms with van der Waals surface area (Å²) in [5, 5.41) is 14.4. The number of nitrogens with one attached hydrogen (secondary N) is 2. The fraction of sp³-hybridized carbons (Fsp3) is 0.875. The summed E-state index contributed by atoms with van der Waals surface area (Å²) in [5.41, 5.74) is 0. The zero-order valence-corrected chi connectivity index (χ0v) is 9.56. The van der Waals surface area contributed by atoms with E-state index in [0.717, 1.165) is 6.54 Å². The van der Waals surface area contributed by atoms with Crippen LogP contribution in [0.25, 0.3) is 0 Å². The van der Waals surface area contributed by atoms with Gasteiger partial charge in [-0.05, 0) is 12.8 Å². The van der Waals surface area contributed by atoms with E-state index in [9.17, 15) is 4.79 Å². The Morgan fingerprint density at radius 1 is 1.43 bits per heavy atom. The molecule has 0 fully saturated rings. The molecule has 0 rings (SSSR count). The van der Waals surface area contributed by atoms with E-state index in [1.807, 2.05) is 13.2 Å². The van der Waals surface area contributed by atoms with Crippen molar-refractivity contribution in [3.63, 3.8) is 0 Å². The first-order chi connectivity index (χ1) is 6.76. The molecule has 0 aromatic carbocycles. The molecule has 14 heavy (non-hydrogen) atoms. The molecule has 0 aliphatic heterocycles. The molecule has 0 heterocycles. The lowest BCUT2D eigenvalue weighted by atomic mass is 10.6. The molecule has 0 unspecified atom stereocenters. The highest BCUT2D eigenvalue weighted by Gasteiger charge is 2.10. The van der Waals surface area contributed by atoms with E-state index in [2.05, 4.69) is 10.6 Å². The van der Waals surface area contributed by atoms with Crippen molar-refractivity contribution in [2.24, 2.45) is 0 Å². The summed E-state index contributed by atoms with van der Waals surface area (Å²) in [6, 6.07) is 0. The van der Waals surface area contributed by atoms with E-state index in [0.29, 0.717) is 19.1 Å². The number of aliphatic hydroxyl groups excluding tert-OH is 1. The Balaban J connectivity index is 3.88. The molecular weight excluding hydrogens is 202 g/mol. The second-order valence-electron chi connectivity index (χ2n) is 2.69. The van der Waals surface area contributed by atoms with Crippen LogP contribution in [0.1, 0.15) is 6.92 Å². The van der Waals surface area contributed by atoms with Crippen LogP contribution in [0.15, 0.2) is 0 Å². The smallest absolute Gasteiger partial charge is 0.234 e. The Kier molecular flexibility index (Phi) is 9.06. The van der Waals surface area contributed by atoms with Crippen LogP contribution in [-0.4, -0.2) is 54.5 Å². The van der Waals surface area contributed by atoms with E-state index in [1.54, 1.807) is 4.90 Å². The lowest BCUT2D eigenvalue weighted by Gasteiger charge is -2.22. The predicted octanol–water partition coefficient (Wildman–Crippen LogP) is -0.758. The summed E-state index contributed by atoms with van der Waals surface area (Å²) < 4.78 is 0. The first kappa shape index (κ1) is 13.7. The molecule has 0 radical (unpaired) electrons. The zero-order valence-electron chi connectivity index (χ0n) is 8.75. The number of amides is 1. The van der Waals surface area contributed by atoms with E-state index in [4.69, 9.17) is 5.11 Å². The summed E-state index contributed by atoms with van der Waals surface area (Å²) in [7, 11) is 0. The van der Waals surface area contributed by atoms with Crippen molar-refractivity contribution in [2.45, 2.75) is 6.92 Å². The fourth-order valence-electron chi connectivity index (χ4n) is 0.879. The van der Waals surface area contributed by atoms with Gasteiger partial charge in [0.25, 0.3) is 0 Å². The molecular formula is C8H19N3O2S. The fourth-order valence-corrected chi connectivity index (χ4v) is 1.31. The molecule has 0 aliphatic carbocycles. The second kappa shape index (κ2) is 9.26. The molecule has 0 aliphatic rings. The van der Waals surface area contributed by atoms with Crippen molar-refractivity contribution < 1.29 is 9.90 Å². The molecule has 1 amide bonds. The Hall–Kier alpha value is -0.300. The van der Waals surface area contributed by atoms with E-state index in [1.165, 1.54) is 11.8 Å². The maximum absolute atomic E-state index is 11.5. The zero-order chi connectivity index (χ0) is 10.8. The van der Waals surface area contributed by atoms with Crippen molar-refractivity contribution >= 4 is 17.7 Å². The third-order valence-corrected chi connectivity index (χ3v) is 2.12. The minimum Gasteiger partial charge on any atom is -0.381 e. The Morgan fingerprint density at radius 2 is 2.07 bits per heavy atom. The van der Waals surface area contributed by atoms with Crippen LogP contribution in [-0.2, 0) is 4.79 Å². The average molecular weight is 221 g/mol. The number of hydrogen-bond acceptors (Lipinski definition) is 5. The van der Waals surface area contributed by atoms with Gasteiger partial charge in [-0.25, -0.2) is 0 Å². The van der Waals surface area contributed by atoms with Crippen molar-refractivity contribution in [2.75, 3.05) is 38.6 Å². The van der Waals surface area contributed by atoms with Crippen LogP contribution in [0.4, 0.5) is 0 Å². The number of aliphatic hydroxyl groups is 1. The molecule has 3 N–H and O–H groups in total. The number of thioether (sulfide) groups is 1. The van der Waals surface area contributed by atoms with Gasteiger partial charge in [-0.3, -0.25) is 10.1 Å². The van der Waals surface area contributed by atoms with Crippen LogP contribution >= 0.6 is 11.8 Å². The number of rotatable bonds is 8. The number of nitrogens with zero attached hydrogens (tertiary/aromatic N) is 1. The molecule has 0 spiro atoms. The van der Waals surface area contributed by atoms with E-state index in [-0.39, 0.29) is 12.6 Å². The van der Waals surface area contributed by atoms with Crippen LogP contribution in [0, 0.1) is 0 Å². The van der Waals surface area contributed by atoms with Gasteiger partial charge in [0.15, 0.2) is 0 Å². The quantitative estimate of drug-likeness (QED) is 0.470. The maximum atomic E-state index is 11.5. The number of carbonyl (C=O) groups excluding carboxylic acids is 1. The normalized spacial score (nSPS) is 10.2. The van der Waals surface area contributed by atoms with Gasteiger partial charge in [-0.1, -0.05) is 6.92 Å². The van der Waals surface area contributed by atoms with Crippen LogP contribution < -0.4 is 10.6 Å². The summed E-state index contributed by atoms with van der Waals surface area (Å²) in [6.45, 7) is 3.58. The predicted molar refractivity (Wildman–Crippen MR) is 58.9 cm³/mol. The highest BCUT2D eigenvalue weighted by molar-refractivity contribution is 7.99. The molecule has 0 aromatic heterocycles. The Morgan fingerprint density at radius 3 is 2.57 bits per heavy atom. The van der Waals surface area contributed by atoms with Crippen LogP contribution in [0.2, 0.25) is 0 Å². The molecule has 0 bridgehead atoms. The van der Waals surface area contributed by atoms with Crippen molar-refractivity contribution in [3.8, 4) is 0 Å². The third kappa shape index (κ3) is 6.20. The molecule has 6 heteroatoms. The lowest BCUT2D eigenvalue weighted by Crippen LogP contribution is -2.45. The molecule has 5 nitrogen and oxygen atoms in total. The van der Waals surface area contributed by atoms with Crippen molar-refractivity contribution in [1.29, 1.82) is 0 Å². The number of hydrogen-bond donors (Lipinski definition) is 3. The Labute approximate surface area is 89.2 Å². The number of carbonyl (C=O) groups is 1.